The van der Waals surface area contributed by atoms with Gasteiger partial charge in [-0.25, -0.2) is 4.79 Å². The van der Waals surface area contributed by atoms with Gasteiger partial charge in [-0.15, -0.1) is 0 Å². The van der Waals surface area contributed by atoms with Crippen LogP contribution in [0.5, 0.6) is 0 Å². The van der Waals surface area contributed by atoms with E-state index in [-0.39, 0.29) is 69.7 Å². The lowest BCUT2D eigenvalue weighted by atomic mass is 9.96. The van der Waals surface area contributed by atoms with E-state index in [4.69, 9.17) is 22.9 Å². The van der Waals surface area contributed by atoms with Crippen LogP contribution in [0.2, 0.25) is 0 Å². The SMILES string of the molecule is CC[C@H](C)[C@H](NC(=O)[C@H](CCC(N)=O)NC(=O)CN)C(=O)N[C@@H](CCSC)C(=O)N[C@@H](Cc1ccccc1)C(=O)N1CCC[C@H]1C(=O)N[C@@H](CCCN=C(N)N)C(=O)N[C@@H](CS)C(=O)O. The second kappa shape index (κ2) is 29.0. The van der Waals surface area contributed by atoms with Gasteiger partial charge in [-0.3, -0.25) is 43.3 Å². The number of likely N-dealkylation sites (tertiary alicyclic amines) is 1. The molecule has 8 amide bonds. The largest absolute Gasteiger partial charge is 0.480 e. The van der Waals surface area contributed by atoms with Crippen molar-refractivity contribution in [1.82, 2.24) is 36.8 Å². The Morgan fingerprint density at radius 3 is 2.00 bits per heavy atom. The number of carboxylic acids is 1. The molecule has 24 heteroatoms. The highest BCUT2D eigenvalue weighted by molar-refractivity contribution is 7.98. The molecule has 0 saturated carbocycles. The monoisotopic (exact) mass is 950 g/mol. The predicted molar refractivity (Wildman–Crippen MR) is 248 cm³/mol. The van der Waals surface area contributed by atoms with Crippen LogP contribution in [0.25, 0.3) is 0 Å². The summed E-state index contributed by atoms with van der Waals surface area (Å²) < 4.78 is 0. The van der Waals surface area contributed by atoms with Crippen molar-refractivity contribution in [2.24, 2.45) is 33.8 Å². The van der Waals surface area contributed by atoms with E-state index < -0.39 is 108 Å². The third kappa shape index (κ3) is 19.2. The van der Waals surface area contributed by atoms with Gasteiger partial charge >= 0.3 is 5.97 Å². The highest BCUT2D eigenvalue weighted by atomic mass is 32.2. The van der Waals surface area contributed by atoms with Gasteiger partial charge in [0, 0.05) is 31.7 Å². The molecule has 15 N–H and O–H groups in total. The van der Waals surface area contributed by atoms with Gasteiger partial charge in [0.25, 0.3) is 0 Å². The molecule has 0 aliphatic carbocycles. The van der Waals surface area contributed by atoms with Gasteiger partial charge in [-0.05, 0) is 62.0 Å². The summed E-state index contributed by atoms with van der Waals surface area (Å²) in [5.74, 6) is -7.42. The number of carboxylic acid groups (broad SMARTS) is 1. The Hall–Kier alpha value is -5.62. The van der Waals surface area contributed by atoms with E-state index in [1.165, 1.54) is 16.7 Å². The zero-order valence-corrected chi connectivity index (χ0v) is 38.8. The van der Waals surface area contributed by atoms with Crippen molar-refractivity contribution < 1.29 is 48.3 Å². The van der Waals surface area contributed by atoms with Crippen LogP contribution in [0.15, 0.2) is 35.3 Å². The number of nitrogens with one attached hydrogen (secondary N) is 6. The van der Waals surface area contributed by atoms with Crippen molar-refractivity contribution in [3.05, 3.63) is 35.9 Å². The Kier molecular flexibility index (Phi) is 24.8. The number of hydrogen-bond donors (Lipinski definition) is 12. The number of benzene rings is 1. The molecule has 1 aliphatic rings. The summed E-state index contributed by atoms with van der Waals surface area (Å²) in [6.07, 6.45) is 2.84. The van der Waals surface area contributed by atoms with Gasteiger partial charge in [-0.2, -0.15) is 24.4 Å². The number of aliphatic imine (C=N–C) groups is 1. The summed E-state index contributed by atoms with van der Waals surface area (Å²) in [5, 5.41) is 25.2. The Balaban J connectivity index is 2.42. The molecule has 1 aromatic rings. The first-order chi connectivity index (χ1) is 30.9. The van der Waals surface area contributed by atoms with E-state index in [2.05, 4.69) is 49.5 Å². The molecule has 0 radical (unpaired) electrons. The summed E-state index contributed by atoms with van der Waals surface area (Å²) in [6, 6.07) is 0.315. The minimum atomic E-state index is -1.35. The average molecular weight is 951 g/mol. The Labute approximate surface area is 388 Å². The van der Waals surface area contributed by atoms with Crippen LogP contribution in [0.4, 0.5) is 0 Å². The highest BCUT2D eigenvalue weighted by Gasteiger charge is 2.40. The van der Waals surface area contributed by atoms with E-state index in [1.807, 2.05) is 6.26 Å². The maximum atomic E-state index is 14.6. The smallest absolute Gasteiger partial charge is 0.327 e. The van der Waals surface area contributed by atoms with Crippen LogP contribution in [-0.2, 0) is 49.6 Å². The lowest BCUT2D eigenvalue weighted by Gasteiger charge is -2.31. The van der Waals surface area contributed by atoms with E-state index in [1.54, 1.807) is 44.2 Å². The Morgan fingerprint density at radius 2 is 1.43 bits per heavy atom. The molecule has 0 bridgehead atoms. The third-order valence-electron chi connectivity index (χ3n) is 10.7. The fourth-order valence-electron chi connectivity index (χ4n) is 6.85. The number of rotatable bonds is 29. The van der Waals surface area contributed by atoms with Crippen molar-refractivity contribution in [3.8, 4) is 0 Å². The fraction of sp³-hybridized carbons (Fsp3) is 0.610. The van der Waals surface area contributed by atoms with Gasteiger partial charge < -0.3 is 64.8 Å². The number of nitrogens with two attached hydrogens (primary N) is 4. The number of carbonyl (C=O) groups excluding carboxylic acids is 8. The number of thiol groups is 1. The molecule has 0 unspecified atom stereocenters. The molecule has 22 nitrogen and oxygen atoms in total. The average Bonchev–Trinajstić information content (AvgIpc) is 3.77. The molecule has 1 heterocycles. The first kappa shape index (κ1) is 55.5. The lowest BCUT2D eigenvalue weighted by molar-refractivity contribution is -0.143. The number of amides is 8. The zero-order chi connectivity index (χ0) is 48.6. The quantitative estimate of drug-likeness (QED) is 0.0167. The maximum absolute atomic E-state index is 14.6. The van der Waals surface area contributed by atoms with Crippen molar-refractivity contribution in [1.29, 1.82) is 0 Å². The molecule has 2 rings (SSSR count). The van der Waals surface area contributed by atoms with Crippen molar-refractivity contribution in [3.63, 3.8) is 0 Å². The van der Waals surface area contributed by atoms with Gasteiger partial charge in [0.2, 0.25) is 47.3 Å². The standard InChI is InChI=1S/C41H66N12O10S2/c1-4-23(2)33(52-36(58)26(14-15-31(43)54)47-32(55)21-42)38(60)49-27(16-19-65-3)35(57)50-28(20-24-10-6-5-7-11-24)39(61)53-18-9-13-30(53)37(59)48-25(12-8-17-46-41(44)45)34(56)51-29(22-64)40(62)63/h5-7,10-11,23,25-30,33,64H,4,8-9,12-22,42H2,1-3H3,(H2,43,54)(H,47,55)(H,48,59)(H,49,60)(H,50,57)(H,51,56)(H,52,58)(H,62,63)(H4,44,45,46)/t23-,25-,26-,27-,28-,29-,30-,33-/m0/s1. The fourth-order valence-corrected chi connectivity index (χ4v) is 7.57. The number of thioether (sulfide) groups is 1. The summed E-state index contributed by atoms with van der Waals surface area (Å²) >= 11 is 5.41. The van der Waals surface area contributed by atoms with E-state index in [9.17, 15) is 48.3 Å². The van der Waals surface area contributed by atoms with Crippen molar-refractivity contribution >= 4 is 83.6 Å². The number of aliphatic carboxylic acids is 1. The minimum absolute atomic E-state index is 0.00232. The zero-order valence-electron chi connectivity index (χ0n) is 37.1. The van der Waals surface area contributed by atoms with Gasteiger partial charge in [0.05, 0.1) is 6.54 Å². The van der Waals surface area contributed by atoms with E-state index >= 15 is 0 Å². The molecule has 1 aromatic carbocycles. The molecule has 65 heavy (non-hydrogen) atoms. The van der Waals surface area contributed by atoms with Crippen LogP contribution in [0.3, 0.4) is 0 Å². The number of guanidine groups is 1. The molecular formula is C41H66N12O10S2. The molecule has 1 aliphatic heterocycles. The summed E-state index contributed by atoms with van der Waals surface area (Å²) in [4.78, 5) is 124. The number of nitrogens with zero attached hydrogens (tertiary/aromatic N) is 2. The molecule has 0 spiro atoms. The van der Waals surface area contributed by atoms with Crippen LogP contribution >= 0.6 is 24.4 Å². The molecule has 0 aromatic heterocycles. The highest BCUT2D eigenvalue weighted by Crippen LogP contribution is 2.21. The maximum Gasteiger partial charge on any atom is 0.327 e. The van der Waals surface area contributed by atoms with Gasteiger partial charge in [0.15, 0.2) is 5.96 Å². The van der Waals surface area contributed by atoms with E-state index in [0.717, 1.165) is 0 Å². The van der Waals surface area contributed by atoms with Crippen LogP contribution in [0, 0.1) is 5.92 Å². The van der Waals surface area contributed by atoms with Gasteiger partial charge in [0.1, 0.15) is 42.3 Å². The van der Waals surface area contributed by atoms with Crippen molar-refractivity contribution in [2.45, 2.75) is 114 Å². The molecule has 1 fully saturated rings. The summed E-state index contributed by atoms with van der Waals surface area (Å²) in [6.45, 7) is 3.33. The molecule has 8 atom stereocenters. The molecular weight excluding hydrogens is 885 g/mol. The molecule has 1 saturated heterocycles. The van der Waals surface area contributed by atoms with Gasteiger partial charge in [-0.1, -0.05) is 50.6 Å². The van der Waals surface area contributed by atoms with Crippen LogP contribution < -0.4 is 54.8 Å². The normalized spacial score (nSPS) is 16.5. The molecule has 362 valence electrons. The minimum Gasteiger partial charge on any atom is -0.480 e. The predicted octanol–water partition coefficient (Wildman–Crippen LogP) is -2.78. The first-order valence-electron chi connectivity index (χ1n) is 21.4. The Morgan fingerprint density at radius 1 is 0.831 bits per heavy atom. The first-order valence-corrected chi connectivity index (χ1v) is 23.4. The number of carbonyl (C=O) groups is 9. The topological polar surface area (TPSA) is 366 Å². The number of primary amides is 1. The second-order valence-corrected chi connectivity index (χ2v) is 16.9. The second-order valence-electron chi connectivity index (χ2n) is 15.6. The van der Waals surface area contributed by atoms with Crippen molar-refractivity contribution in [2.75, 3.05) is 37.4 Å². The summed E-state index contributed by atoms with van der Waals surface area (Å²) in [7, 11) is 0. The number of hydrogen-bond acceptors (Lipinski definition) is 13. The van der Waals surface area contributed by atoms with E-state index in [0.29, 0.717) is 24.2 Å². The van der Waals surface area contributed by atoms with Crippen LogP contribution in [-0.4, -0.2) is 149 Å². The lowest BCUT2D eigenvalue weighted by Crippen LogP contribution is -2.61. The third-order valence-corrected chi connectivity index (χ3v) is 11.7. The Bertz CT molecular complexity index is 1820. The summed E-state index contributed by atoms with van der Waals surface area (Å²) in [5.41, 5.74) is 22.2. The van der Waals surface area contributed by atoms with Crippen LogP contribution in [0.1, 0.15) is 70.8 Å².